The predicted molar refractivity (Wildman–Crippen MR) is 59.1 cm³/mol. The molecule has 1 aliphatic rings. The van der Waals surface area contributed by atoms with Gasteiger partial charge >= 0.3 is 6.36 Å². The van der Waals surface area contributed by atoms with Crippen LogP contribution in [0, 0.1) is 0 Å². The summed E-state index contributed by atoms with van der Waals surface area (Å²) in [4.78, 5) is 12.7. The number of hydrogen-bond donors (Lipinski definition) is 1. The molecule has 0 bridgehead atoms. The normalized spacial score (nSPS) is 20.3. The molecule has 0 aliphatic carbocycles. The van der Waals surface area contributed by atoms with Crippen LogP contribution in [0.25, 0.3) is 0 Å². The minimum atomic E-state index is -4.78. The van der Waals surface area contributed by atoms with E-state index in [-0.39, 0.29) is 11.6 Å². The van der Waals surface area contributed by atoms with Gasteiger partial charge in [-0.2, -0.15) is 0 Å². The number of carbonyl (C=O) groups excluding carboxylic acids is 1. The van der Waals surface area contributed by atoms with Gasteiger partial charge in [-0.05, 0) is 12.1 Å². The molecule has 1 atom stereocenters. The van der Waals surface area contributed by atoms with Crippen LogP contribution < -0.4 is 9.64 Å². The first kappa shape index (κ1) is 13.0. The summed E-state index contributed by atoms with van der Waals surface area (Å²) in [6.07, 6.45) is -4.78. The quantitative estimate of drug-likeness (QED) is 0.899. The summed E-state index contributed by atoms with van der Waals surface area (Å²) in [5, 5.41) is 9.25. The molecule has 18 heavy (non-hydrogen) atoms. The Morgan fingerprint density at radius 1 is 1.44 bits per heavy atom. The van der Waals surface area contributed by atoms with Crippen molar-refractivity contribution in [2.75, 3.05) is 10.8 Å². The van der Waals surface area contributed by atoms with E-state index >= 15 is 0 Å². The zero-order chi connectivity index (χ0) is 13.3. The van der Waals surface area contributed by atoms with Crippen LogP contribution in [-0.2, 0) is 4.79 Å². The third kappa shape index (κ3) is 2.88. The highest BCUT2D eigenvalue weighted by Gasteiger charge is 2.33. The molecule has 1 aromatic rings. The van der Waals surface area contributed by atoms with Gasteiger partial charge < -0.3 is 9.84 Å². The lowest BCUT2D eigenvalue weighted by molar-refractivity contribution is -0.274. The van der Waals surface area contributed by atoms with Crippen molar-refractivity contribution in [2.45, 2.75) is 11.8 Å². The van der Waals surface area contributed by atoms with Crippen molar-refractivity contribution in [1.82, 2.24) is 0 Å². The zero-order valence-corrected chi connectivity index (χ0v) is 9.66. The summed E-state index contributed by atoms with van der Waals surface area (Å²) in [5.74, 6) is -0.765. The van der Waals surface area contributed by atoms with Gasteiger partial charge in [-0.15, -0.1) is 13.2 Å². The predicted octanol–water partition coefficient (Wildman–Crippen LogP) is 1.94. The molecule has 98 valence electrons. The lowest BCUT2D eigenvalue weighted by Crippen LogP contribution is -2.29. The Labute approximate surface area is 104 Å². The minimum absolute atomic E-state index is 0.190. The fraction of sp³-hybridized carbons (Fsp3) is 0.300. The standard InChI is InChI=1S/C10H8F3NO3S/c11-10(12,13)17-7-3-1-2-6(4-7)14-5-18-9(16)8(14)15/h1-4,9,16H,5H2. The topological polar surface area (TPSA) is 49.8 Å². The molecule has 0 aromatic heterocycles. The first-order valence-corrected chi connectivity index (χ1v) is 5.88. The van der Waals surface area contributed by atoms with Crippen LogP contribution in [0.4, 0.5) is 18.9 Å². The van der Waals surface area contributed by atoms with Gasteiger partial charge in [0.05, 0.1) is 5.88 Å². The van der Waals surface area contributed by atoms with Crippen molar-refractivity contribution >= 4 is 23.4 Å². The number of rotatable bonds is 2. The van der Waals surface area contributed by atoms with Crippen LogP contribution in [0.15, 0.2) is 24.3 Å². The summed E-state index contributed by atoms with van der Waals surface area (Å²) in [6, 6.07) is 5.06. The zero-order valence-electron chi connectivity index (χ0n) is 8.85. The number of hydrogen-bond acceptors (Lipinski definition) is 4. The van der Waals surface area contributed by atoms with E-state index in [1.165, 1.54) is 17.0 Å². The van der Waals surface area contributed by atoms with Crippen molar-refractivity contribution in [2.24, 2.45) is 0 Å². The average molecular weight is 279 g/mol. The van der Waals surface area contributed by atoms with Gasteiger partial charge in [0.1, 0.15) is 5.75 Å². The number of carbonyl (C=O) groups is 1. The van der Waals surface area contributed by atoms with E-state index in [2.05, 4.69) is 4.74 Å². The molecular formula is C10H8F3NO3S. The number of thioether (sulfide) groups is 1. The van der Waals surface area contributed by atoms with Gasteiger partial charge in [-0.1, -0.05) is 17.8 Å². The van der Waals surface area contributed by atoms with E-state index in [1.807, 2.05) is 0 Å². The molecule has 0 radical (unpaired) electrons. The van der Waals surface area contributed by atoms with Crippen molar-refractivity contribution in [1.29, 1.82) is 0 Å². The number of anilines is 1. The van der Waals surface area contributed by atoms with E-state index in [9.17, 15) is 23.1 Å². The third-order valence-corrected chi connectivity index (χ3v) is 3.13. The molecule has 1 heterocycles. The molecule has 0 spiro atoms. The van der Waals surface area contributed by atoms with Crippen LogP contribution in [0.2, 0.25) is 0 Å². The van der Waals surface area contributed by atoms with Crippen molar-refractivity contribution in [3.63, 3.8) is 0 Å². The number of alkyl halides is 3. The molecule has 1 N–H and O–H groups in total. The Balaban J connectivity index is 2.20. The van der Waals surface area contributed by atoms with Crippen molar-refractivity contribution < 1.29 is 27.8 Å². The van der Waals surface area contributed by atoms with Gasteiger partial charge in [0.15, 0.2) is 5.44 Å². The van der Waals surface area contributed by atoms with Crippen LogP contribution >= 0.6 is 11.8 Å². The lowest BCUT2D eigenvalue weighted by atomic mass is 10.3. The first-order chi connectivity index (χ1) is 8.37. The van der Waals surface area contributed by atoms with E-state index in [1.54, 1.807) is 0 Å². The van der Waals surface area contributed by atoms with E-state index in [4.69, 9.17) is 0 Å². The SMILES string of the molecule is O=C1C(O)SCN1c1cccc(OC(F)(F)F)c1. The van der Waals surface area contributed by atoms with E-state index < -0.39 is 23.5 Å². The van der Waals surface area contributed by atoms with Gasteiger partial charge in [0.2, 0.25) is 0 Å². The van der Waals surface area contributed by atoms with Gasteiger partial charge in [0.25, 0.3) is 5.91 Å². The third-order valence-electron chi connectivity index (χ3n) is 2.20. The van der Waals surface area contributed by atoms with Gasteiger partial charge in [-0.3, -0.25) is 9.69 Å². The fourth-order valence-corrected chi connectivity index (χ4v) is 2.30. The van der Waals surface area contributed by atoms with Crippen LogP contribution in [0.5, 0.6) is 5.75 Å². The number of aliphatic hydroxyl groups is 1. The fourth-order valence-electron chi connectivity index (χ4n) is 1.46. The number of halogens is 3. The molecule has 1 fully saturated rings. The number of aliphatic hydroxyl groups excluding tert-OH is 1. The molecule has 2 rings (SSSR count). The summed E-state index contributed by atoms with van der Waals surface area (Å²) in [7, 11) is 0. The number of nitrogens with zero attached hydrogens (tertiary/aromatic N) is 1. The maximum atomic E-state index is 12.0. The second-order valence-corrected chi connectivity index (χ2v) is 4.50. The Kier molecular flexibility index (Phi) is 3.40. The van der Waals surface area contributed by atoms with Crippen LogP contribution in [0.3, 0.4) is 0 Å². The minimum Gasteiger partial charge on any atom is -0.406 e. The summed E-state index contributed by atoms with van der Waals surface area (Å²) < 4.78 is 39.9. The molecule has 0 saturated carbocycles. The number of amides is 1. The Morgan fingerprint density at radius 3 is 2.72 bits per heavy atom. The molecule has 1 aromatic carbocycles. The Bertz CT molecular complexity index is 466. The molecular weight excluding hydrogens is 271 g/mol. The van der Waals surface area contributed by atoms with Crippen LogP contribution in [0.1, 0.15) is 0 Å². The Hall–Kier alpha value is -1.41. The van der Waals surface area contributed by atoms with Crippen LogP contribution in [-0.4, -0.2) is 28.7 Å². The number of benzene rings is 1. The highest BCUT2D eigenvalue weighted by molar-refractivity contribution is 8.01. The van der Waals surface area contributed by atoms with Crippen molar-refractivity contribution in [3.8, 4) is 5.75 Å². The maximum absolute atomic E-state index is 12.0. The summed E-state index contributed by atoms with van der Waals surface area (Å²) in [6.45, 7) is 0. The molecule has 1 saturated heterocycles. The van der Waals surface area contributed by atoms with E-state index in [0.29, 0.717) is 0 Å². The highest BCUT2D eigenvalue weighted by atomic mass is 32.2. The first-order valence-electron chi connectivity index (χ1n) is 4.84. The molecule has 1 unspecified atom stereocenters. The summed E-state index contributed by atoms with van der Waals surface area (Å²) >= 11 is 0.996. The maximum Gasteiger partial charge on any atom is 0.573 e. The second-order valence-electron chi connectivity index (χ2n) is 3.46. The second kappa shape index (κ2) is 4.69. The highest BCUT2D eigenvalue weighted by Crippen LogP contribution is 2.31. The van der Waals surface area contributed by atoms with Crippen molar-refractivity contribution in [3.05, 3.63) is 24.3 Å². The number of ether oxygens (including phenoxy) is 1. The molecule has 4 nitrogen and oxygen atoms in total. The molecule has 1 aliphatic heterocycles. The smallest absolute Gasteiger partial charge is 0.406 e. The summed E-state index contributed by atoms with van der Waals surface area (Å²) in [5.41, 5.74) is -0.914. The van der Waals surface area contributed by atoms with Gasteiger partial charge in [0, 0.05) is 11.8 Å². The lowest BCUT2D eigenvalue weighted by Gasteiger charge is -2.16. The molecule has 8 heteroatoms. The Morgan fingerprint density at radius 2 is 2.17 bits per heavy atom. The van der Waals surface area contributed by atoms with E-state index in [0.717, 1.165) is 23.9 Å². The average Bonchev–Trinajstić information content (AvgIpc) is 2.58. The largest absolute Gasteiger partial charge is 0.573 e. The van der Waals surface area contributed by atoms with Gasteiger partial charge in [-0.25, -0.2) is 0 Å². The monoisotopic (exact) mass is 279 g/mol. The molecule has 1 amide bonds.